The quantitative estimate of drug-likeness (QED) is 0.846. The van der Waals surface area contributed by atoms with Crippen LogP contribution >= 0.6 is 27.5 Å². The van der Waals surface area contributed by atoms with E-state index in [2.05, 4.69) is 21.2 Å². The lowest BCUT2D eigenvalue weighted by molar-refractivity contribution is 0.0696. The molecular weight excluding hydrogens is 358 g/mol. The monoisotopic (exact) mass is 367 g/mol. The van der Waals surface area contributed by atoms with Gasteiger partial charge in [0.05, 0.1) is 11.3 Å². The molecule has 2 aromatic rings. The van der Waals surface area contributed by atoms with Crippen LogP contribution in [0.3, 0.4) is 0 Å². The summed E-state index contributed by atoms with van der Waals surface area (Å²) in [7, 11) is 0. The lowest BCUT2D eigenvalue weighted by Gasteiger charge is -2.10. The summed E-state index contributed by atoms with van der Waals surface area (Å²) in [6.07, 6.45) is 0. The van der Waals surface area contributed by atoms with Crippen LogP contribution in [0.25, 0.3) is 0 Å². The van der Waals surface area contributed by atoms with E-state index in [9.17, 15) is 9.59 Å². The third kappa shape index (κ3) is 3.62. The Hall–Kier alpha value is -1.85. The van der Waals surface area contributed by atoms with Crippen molar-refractivity contribution in [2.75, 3.05) is 5.32 Å². The fourth-order valence-corrected chi connectivity index (χ4v) is 2.53. The van der Waals surface area contributed by atoms with Crippen LogP contribution in [0.4, 0.5) is 5.69 Å². The van der Waals surface area contributed by atoms with Crippen molar-refractivity contribution < 1.29 is 14.7 Å². The number of benzene rings is 2. The van der Waals surface area contributed by atoms with Crippen LogP contribution in [0.15, 0.2) is 40.9 Å². The zero-order chi connectivity index (χ0) is 15.6. The van der Waals surface area contributed by atoms with Gasteiger partial charge in [-0.3, -0.25) is 4.79 Å². The number of anilines is 1. The predicted octanol–water partition coefficient (Wildman–Crippen LogP) is 4.36. The minimum absolute atomic E-state index is 0.141. The molecule has 0 radical (unpaired) electrons. The summed E-state index contributed by atoms with van der Waals surface area (Å²) < 4.78 is 0.502. The number of aryl methyl sites for hydroxylation is 1. The Morgan fingerprint density at radius 2 is 1.90 bits per heavy atom. The second-order valence-electron chi connectivity index (χ2n) is 4.41. The lowest BCUT2D eigenvalue weighted by Crippen LogP contribution is -2.14. The zero-order valence-corrected chi connectivity index (χ0v) is 13.3. The van der Waals surface area contributed by atoms with E-state index < -0.39 is 5.97 Å². The van der Waals surface area contributed by atoms with Crippen LogP contribution in [-0.2, 0) is 0 Å². The molecule has 2 rings (SSSR count). The van der Waals surface area contributed by atoms with Crippen LogP contribution in [0.1, 0.15) is 26.3 Å². The van der Waals surface area contributed by atoms with E-state index in [0.29, 0.717) is 20.7 Å². The van der Waals surface area contributed by atoms with Crippen molar-refractivity contribution in [2.45, 2.75) is 6.92 Å². The van der Waals surface area contributed by atoms with Crippen LogP contribution in [0.2, 0.25) is 5.02 Å². The van der Waals surface area contributed by atoms with Gasteiger partial charge in [0.1, 0.15) is 0 Å². The third-order valence-corrected chi connectivity index (χ3v) is 3.79. The molecule has 6 heteroatoms. The van der Waals surface area contributed by atoms with E-state index in [1.54, 1.807) is 25.1 Å². The van der Waals surface area contributed by atoms with Gasteiger partial charge in [-0.15, -0.1) is 0 Å². The normalized spacial score (nSPS) is 10.2. The number of hydrogen-bond acceptors (Lipinski definition) is 2. The summed E-state index contributed by atoms with van der Waals surface area (Å²) >= 11 is 9.11. The highest BCUT2D eigenvalue weighted by molar-refractivity contribution is 9.10. The first-order valence-electron chi connectivity index (χ1n) is 5.99. The summed E-state index contributed by atoms with van der Waals surface area (Å²) in [6.45, 7) is 1.80. The fourth-order valence-electron chi connectivity index (χ4n) is 1.82. The largest absolute Gasteiger partial charge is 0.478 e. The number of hydrogen-bond donors (Lipinski definition) is 2. The van der Waals surface area contributed by atoms with Crippen molar-refractivity contribution in [3.8, 4) is 0 Å². The van der Waals surface area contributed by atoms with Gasteiger partial charge in [-0.25, -0.2) is 4.79 Å². The molecule has 0 aliphatic rings. The number of amides is 1. The number of aromatic carboxylic acids is 1. The predicted molar refractivity (Wildman–Crippen MR) is 85.2 cm³/mol. The molecule has 0 aliphatic carbocycles. The Bertz CT molecular complexity index is 731. The highest BCUT2D eigenvalue weighted by Gasteiger charge is 2.12. The average Bonchev–Trinajstić information content (AvgIpc) is 2.40. The number of rotatable bonds is 3. The molecule has 0 fully saturated rings. The van der Waals surface area contributed by atoms with E-state index in [-0.39, 0.29) is 11.5 Å². The van der Waals surface area contributed by atoms with Crippen molar-refractivity contribution in [1.82, 2.24) is 0 Å². The van der Waals surface area contributed by atoms with E-state index in [1.807, 2.05) is 0 Å². The topological polar surface area (TPSA) is 66.4 Å². The maximum absolute atomic E-state index is 12.2. The summed E-state index contributed by atoms with van der Waals surface area (Å²) in [5.74, 6) is -1.31. The molecule has 0 saturated carbocycles. The molecule has 21 heavy (non-hydrogen) atoms. The van der Waals surface area contributed by atoms with Crippen molar-refractivity contribution in [3.63, 3.8) is 0 Å². The van der Waals surface area contributed by atoms with Crippen molar-refractivity contribution in [2.24, 2.45) is 0 Å². The highest BCUT2D eigenvalue weighted by atomic mass is 79.9. The molecule has 0 spiro atoms. The van der Waals surface area contributed by atoms with Crippen LogP contribution in [-0.4, -0.2) is 17.0 Å². The molecule has 0 bridgehead atoms. The van der Waals surface area contributed by atoms with E-state index in [4.69, 9.17) is 16.7 Å². The maximum Gasteiger partial charge on any atom is 0.335 e. The first kappa shape index (κ1) is 15.5. The molecular formula is C15H11BrClNO3. The van der Waals surface area contributed by atoms with Crippen molar-refractivity contribution in [1.29, 1.82) is 0 Å². The van der Waals surface area contributed by atoms with Crippen molar-refractivity contribution in [3.05, 3.63) is 62.6 Å². The number of carbonyl (C=O) groups excluding carboxylic acids is 1. The summed E-state index contributed by atoms with van der Waals surface area (Å²) in [5, 5.41) is 12.2. The molecule has 0 saturated heterocycles. The second-order valence-corrected chi connectivity index (χ2v) is 5.70. The third-order valence-electron chi connectivity index (χ3n) is 2.90. The standard InChI is InChI=1S/C15H11BrClNO3/c1-8-6-10(17)3-4-11(8)14(19)18-13-5-2-9(15(20)21)7-12(13)16/h2-7H,1H3,(H,18,19)(H,20,21). The van der Waals surface area contributed by atoms with Gasteiger partial charge in [-0.2, -0.15) is 0 Å². The van der Waals surface area contributed by atoms with Crippen LogP contribution < -0.4 is 5.32 Å². The first-order valence-corrected chi connectivity index (χ1v) is 7.16. The van der Waals surface area contributed by atoms with E-state index in [0.717, 1.165) is 5.56 Å². The van der Waals surface area contributed by atoms with Gasteiger partial charge in [0.15, 0.2) is 0 Å². The van der Waals surface area contributed by atoms with Gasteiger partial charge in [0.2, 0.25) is 0 Å². The van der Waals surface area contributed by atoms with Crippen molar-refractivity contribution >= 4 is 45.1 Å². The summed E-state index contributed by atoms with van der Waals surface area (Å²) in [4.78, 5) is 23.1. The molecule has 1 amide bonds. The molecule has 108 valence electrons. The summed E-state index contributed by atoms with van der Waals surface area (Å²) in [6, 6.07) is 9.40. The Kier molecular flexibility index (Phi) is 4.65. The minimum atomic E-state index is -1.03. The molecule has 4 nitrogen and oxygen atoms in total. The molecule has 2 aromatic carbocycles. The molecule has 0 aromatic heterocycles. The lowest BCUT2D eigenvalue weighted by atomic mass is 10.1. The average molecular weight is 369 g/mol. The van der Waals surface area contributed by atoms with Gasteiger partial charge in [-0.1, -0.05) is 11.6 Å². The number of carboxylic acids is 1. The van der Waals surface area contributed by atoms with E-state index in [1.165, 1.54) is 18.2 Å². The Morgan fingerprint density at radius 1 is 1.19 bits per heavy atom. The Labute approximate surface area is 134 Å². The zero-order valence-electron chi connectivity index (χ0n) is 11.0. The fraction of sp³-hybridized carbons (Fsp3) is 0.0667. The van der Waals surface area contributed by atoms with Gasteiger partial charge >= 0.3 is 5.97 Å². The smallest absolute Gasteiger partial charge is 0.335 e. The number of halogens is 2. The Balaban J connectivity index is 2.25. The SMILES string of the molecule is Cc1cc(Cl)ccc1C(=O)Nc1ccc(C(=O)O)cc1Br. The highest BCUT2D eigenvalue weighted by Crippen LogP contribution is 2.25. The number of carboxylic acid groups (broad SMARTS) is 1. The molecule has 0 unspecified atom stereocenters. The van der Waals surface area contributed by atoms with E-state index >= 15 is 0 Å². The Morgan fingerprint density at radius 3 is 2.48 bits per heavy atom. The van der Waals surface area contributed by atoms with Crippen LogP contribution in [0.5, 0.6) is 0 Å². The number of nitrogens with one attached hydrogen (secondary N) is 1. The van der Waals surface area contributed by atoms with Gasteiger partial charge in [-0.05, 0) is 64.8 Å². The van der Waals surface area contributed by atoms with Gasteiger partial charge in [0, 0.05) is 15.1 Å². The number of carbonyl (C=O) groups is 2. The first-order chi connectivity index (χ1) is 9.88. The minimum Gasteiger partial charge on any atom is -0.478 e. The second kappa shape index (κ2) is 6.28. The maximum atomic E-state index is 12.2. The molecule has 2 N–H and O–H groups in total. The molecule has 0 aliphatic heterocycles. The van der Waals surface area contributed by atoms with Gasteiger partial charge in [0.25, 0.3) is 5.91 Å². The summed E-state index contributed by atoms with van der Waals surface area (Å²) in [5.41, 5.74) is 1.91. The molecule has 0 heterocycles. The molecule has 0 atom stereocenters. The van der Waals surface area contributed by atoms with Gasteiger partial charge < -0.3 is 10.4 Å². The van der Waals surface area contributed by atoms with Crippen LogP contribution in [0, 0.1) is 6.92 Å².